The lowest BCUT2D eigenvalue weighted by molar-refractivity contribution is -0.161. The Morgan fingerprint density at radius 3 is 2.31 bits per heavy atom. The van der Waals surface area contributed by atoms with Crippen LogP contribution in [0.5, 0.6) is 0 Å². The van der Waals surface area contributed by atoms with Crippen LogP contribution < -0.4 is 5.32 Å². The normalized spacial score (nSPS) is 14.4. The predicted molar refractivity (Wildman–Crippen MR) is 162 cm³/mol. The number of carboxylic acids is 1. The molecule has 42 heavy (non-hydrogen) atoms. The third-order valence-electron chi connectivity index (χ3n) is 6.27. The predicted octanol–water partition coefficient (Wildman–Crippen LogP) is 5.54. The molecule has 3 atom stereocenters. The van der Waals surface area contributed by atoms with E-state index in [0.717, 1.165) is 17.2 Å². The third kappa shape index (κ3) is 9.00. The molecule has 10 heteroatoms. The van der Waals surface area contributed by atoms with Gasteiger partial charge in [0.1, 0.15) is 17.7 Å². The van der Waals surface area contributed by atoms with Crippen LogP contribution in [0.3, 0.4) is 0 Å². The summed E-state index contributed by atoms with van der Waals surface area (Å²) in [5, 5.41) is 23.7. The molecule has 0 aromatic heterocycles. The second-order valence-electron chi connectivity index (χ2n) is 11.1. The highest BCUT2D eigenvalue weighted by molar-refractivity contribution is 7.91. The average Bonchev–Trinajstić information content (AvgIpc) is 2.89. The number of hydrogen-bond acceptors (Lipinski definition) is 7. The van der Waals surface area contributed by atoms with Crippen molar-refractivity contribution in [1.29, 1.82) is 0 Å². The Morgan fingerprint density at radius 2 is 1.71 bits per heavy atom. The van der Waals surface area contributed by atoms with E-state index in [0.29, 0.717) is 17.0 Å². The van der Waals surface area contributed by atoms with E-state index in [1.807, 2.05) is 6.92 Å². The molecule has 3 aromatic rings. The van der Waals surface area contributed by atoms with Gasteiger partial charge >= 0.3 is 11.9 Å². The Hall–Kier alpha value is -3.50. The summed E-state index contributed by atoms with van der Waals surface area (Å²) in [6.07, 6.45) is 1.36. The molecule has 8 nitrogen and oxygen atoms in total. The van der Waals surface area contributed by atoms with Gasteiger partial charge in [0.15, 0.2) is 0 Å². The number of aliphatic hydroxyl groups is 1. The maximum absolute atomic E-state index is 13.4. The van der Waals surface area contributed by atoms with Crippen molar-refractivity contribution in [3.8, 4) is 0 Å². The molecule has 0 saturated heterocycles. The summed E-state index contributed by atoms with van der Waals surface area (Å²) in [7, 11) is -3.94. The zero-order chi connectivity index (χ0) is 31.2. The monoisotopic (exact) mass is 613 g/mol. The molecule has 224 valence electrons. The number of aliphatic carboxylic acids is 1. The Balaban J connectivity index is 1.81. The van der Waals surface area contributed by atoms with Gasteiger partial charge in [-0.25, -0.2) is 13.2 Å². The average molecular weight is 614 g/mol. The number of rotatable bonds is 11. The number of halogens is 1. The number of carbonyl (C=O) groups excluding carboxylic acids is 1. The fourth-order valence-electron chi connectivity index (χ4n) is 4.39. The van der Waals surface area contributed by atoms with Crippen LogP contribution in [-0.2, 0) is 30.6 Å². The van der Waals surface area contributed by atoms with E-state index in [4.69, 9.17) is 21.4 Å². The topological polar surface area (TPSA) is 130 Å². The molecule has 0 aliphatic rings. The van der Waals surface area contributed by atoms with Crippen LogP contribution in [0.15, 0.2) is 82.6 Å². The summed E-state index contributed by atoms with van der Waals surface area (Å²) in [4.78, 5) is 24.2. The standard InChI is InChI=1S/C32H36ClNO7S/c1-20-9-15-27(23(17-20)12-16-28(35)36)42(39,40)26-13-10-22(11-14-26)18-21(2)34-29(31(38)41-32(3,4)5)30(37)24-7-6-8-25(33)19-24/h6-17,19,21,29-30,34,37H,18H2,1-5H3,(H,35,36)/b16-12+/t21-,29?,30-/m1/s1. The molecule has 0 fully saturated rings. The van der Waals surface area contributed by atoms with Crippen LogP contribution in [0.25, 0.3) is 6.08 Å². The molecule has 3 aromatic carbocycles. The lowest BCUT2D eigenvalue weighted by Crippen LogP contribution is -2.49. The van der Waals surface area contributed by atoms with Crippen LogP contribution >= 0.6 is 11.6 Å². The summed E-state index contributed by atoms with van der Waals surface area (Å²) in [6, 6.07) is 16.3. The number of carboxylic acid groups (broad SMARTS) is 1. The summed E-state index contributed by atoms with van der Waals surface area (Å²) < 4.78 is 32.4. The number of nitrogens with one attached hydrogen (secondary N) is 1. The molecule has 3 rings (SSSR count). The largest absolute Gasteiger partial charge is 0.478 e. The molecular weight excluding hydrogens is 578 g/mol. The lowest BCUT2D eigenvalue weighted by Gasteiger charge is -2.30. The fraction of sp³-hybridized carbons (Fsp3) is 0.312. The molecule has 0 spiro atoms. The zero-order valence-corrected chi connectivity index (χ0v) is 25.7. The molecule has 1 unspecified atom stereocenters. The van der Waals surface area contributed by atoms with E-state index < -0.39 is 39.5 Å². The number of benzene rings is 3. The number of ether oxygens (including phenoxy) is 1. The number of esters is 1. The number of carbonyl (C=O) groups is 2. The van der Waals surface area contributed by atoms with Gasteiger partial charge < -0.3 is 14.9 Å². The number of aliphatic hydroxyl groups excluding tert-OH is 1. The van der Waals surface area contributed by atoms with Gasteiger partial charge in [-0.3, -0.25) is 10.1 Å². The van der Waals surface area contributed by atoms with Crippen molar-refractivity contribution >= 4 is 39.5 Å². The molecule has 0 heterocycles. The molecule has 0 radical (unpaired) electrons. The summed E-state index contributed by atoms with van der Waals surface area (Å²) >= 11 is 6.10. The Morgan fingerprint density at radius 1 is 1.05 bits per heavy atom. The van der Waals surface area contributed by atoms with E-state index in [-0.39, 0.29) is 21.4 Å². The van der Waals surface area contributed by atoms with Crippen LogP contribution in [0.1, 0.15) is 56.1 Å². The van der Waals surface area contributed by atoms with Gasteiger partial charge in [-0.15, -0.1) is 0 Å². The second-order valence-corrected chi connectivity index (χ2v) is 13.5. The highest BCUT2D eigenvalue weighted by atomic mass is 35.5. The first-order valence-corrected chi connectivity index (χ1v) is 15.2. The van der Waals surface area contributed by atoms with Crippen molar-refractivity contribution in [3.05, 3.63) is 100 Å². The summed E-state index contributed by atoms with van der Waals surface area (Å²) in [5.74, 6) is -1.80. The Bertz CT molecular complexity index is 1560. The maximum Gasteiger partial charge on any atom is 0.328 e. The fourth-order valence-corrected chi connectivity index (χ4v) is 6.02. The van der Waals surface area contributed by atoms with Crippen LogP contribution in [0.2, 0.25) is 5.02 Å². The molecule has 0 saturated carbocycles. The first kappa shape index (κ1) is 33.0. The molecular formula is C32H36ClNO7S. The van der Waals surface area contributed by atoms with Crippen molar-refractivity contribution in [1.82, 2.24) is 5.32 Å². The SMILES string of the molecule is Cc1ccc(S(=O)(=O)c2ccc(C[C@@H](C)NC(C(=O)OC(C)(C)C)[C@H](O)c3cccc(Cl)c3)cc2)c(/C=C/C(=O)O)c1. The van der Waals surface area contributed by atoms with E-state index in [1.165, 1.54) is 24.3 Å². The molecule has 0 bridgehead atoms. The highest BCUT2D eigenvalue weighted by Gasteiger charge is 2.33. The van der Waals surface area contributed by atoms with Gasteiger partial charge in [-0.05, 0) is 94.1 Å². The van der Waals surface area contributed by atoms with E-state index in [1.54, 1.807) is 76.2 Å². The molecule has 0 aliphatic carbocycles. The van der Waals surface area contributed by atoms with Gasteiger partial charge in [-0.1, -0.05) is 53.6 Å². The van der Waals surface area contributed by atoms with E-state index in [9.17, 15) is 23.1 Å². The van der Waals surface area contributed by atoms with Crippen LogP contribution in [0, 0.1) is 6.92 Å². The third-order valence-corrected chi connectivity index (χ3v) is 8.35. The highest BCUT2D eigenvalue weighted by Crippen LogP contribution is 2.27. The Kier molecular flexibility index (Phi) is 10.7. The van der Waals surface area contributed by atoms with Gasteiger partial charge in [0.2, 0.25) is 9.84 Å². The second kappa shape index (κ2) is 13.6. The number of hydrogen-bond donors (Lipinski definition) is 3. The number of sulfone groups is 1. The van der Waals surface area contributed by atoms with Gasteiger partial charge in [-0.2, -0.15) is 0 Å². The van der Waals surface area contributed by atoms with Crippen molar-refractivity contribution < 1.29 is 33.0 Å². The smallest absolute Gasteiger partial charge is 0.328 e. The number of aryl methyl sites for hydroxylation is 1. The van der Waals surface area contributed by atoms with Crippen molar-refractivity contribution in [3.63, 3.8) is 0 Å². The molecule has 3 N–H and O–H groups in total. The van der Waals surface area contributed by atoms with Gasteiger partial charge in [0, 0.05) is 17.1 Å². The molecule has 0 aliphatic heterocycles. The first-order chi connectivity index (χ1) is 19.6. The summed E-state index contributed by atoms with van der Waals surface area (Å²) in [5.41, 5.74) is 1.56. The first-order valence-electron chi connectivity index (χ1n) is 13.3. The quantitative estimate of drug-likeness (QED) is 0.190. The van der Waals surface area contributed by atoms with Crippen molar-refractivity contribution in [2.24, 2.45) is 0 Å². The Labute approximate surface area is 251 Å². The van der Waals surface area contributed by atoms with E-state index >= 15 is 0 Å². The van der Waals surface area contributed by atoms with Crippen LogP contribution in [-0.4, -0.2) is 48.3 Å². The van der Waals surface area contributed by atoms with Gasteiger partial charge in [0.25, 0.3) is 0 Å². The van der Waals surface area contributed by atoms with Crippen LogP contribution in [0.4, 0.5) is 0 Å². The van der Waals surface area contributed by atoms with Gasteiger partial charge in [0.05, 0.1) is 9.79 Å². The van der Waals surface area contributed by atoms with Crippen molar-refractivity contribution in [2.75, 3.05) is 0 Å². The lowest BCUT2D eigenvalue weighted by atomic mass is 9.99. The molecule has 0 amide bonds. The minimum atomic E-state index is -3.94. The minimum absolute atomic E-state index is 0.00332. The van der Waals surface area contributed by atoms with E-state index in [2.05, 4.69) is 5.32 Å². The van der Waals surface area contributed by atoms with Crippen molar-refractivity contribution in [2.45, 2.75) is 74.6 Å². The maximum atomic E-state index is 13.4. The summed E-state index contributed by atoms with van der Waals surface area (Å²) in [6.45, 7) is 8.87. The minimum Gasteiger partial charge on any atom is -0.478 e. The zero-order valence-electron chi connectivity index (χ0n) is 24.2.